The fraction of sp³-hybridized carbons (Fsp3) is 0.938. The summed E-state index contributed by atoms with van der Waals surface area (Å²) in [5, 5.41) is 0. The molecule has 2 aliphatic rings. The quantitative estimate of drug-likeness (QED) is 0.853. The van der Waals surface area contributed by atoms with Crippen molar-refractivity contribution in [3.63, 3.8) is 0 Å². The van der Waals surface area contributed by atoms with E-state index in [-0.39, 0.29) is 35.9 Å². The van der Waals surface area contributed by atoms with Gasteiger partial charge in [0.1, 0.15) is 6.10 Å². The Labute approximate surface area is 140 Å². The Morgan fingerprint density at radius 1 is 1.41 bits per heavy atom. The van der Waals surface area contributed by atoms with Crippen LogP contribution in [0.15, 0.2) is 0 Å². The highest BCUT2D eigenvalue weighted by atomic mass is 35.5. The molecule has 1 amide bonds. The Morgan fingerprint density at radius 3 is 2.73 bits per heavy atom. The van der Waals surface area contributed by atoms with E-state index in [1.807, 2.05) is 11.8 Å². The van der Waals surface area contributed by atoms with Crippen LogP contribution in [0.5, 0.6) is 0 Å². The van der Waals surface area contributed by atoms with E-state index >= 15 is 0 Å². The molecule has 3 atom stereocenters. The molecule has 3 unspecified atom stereocenters. The summed E-state index contributed by atoms with van der Waals surface area (Å²) in [6.45, 7) is 8.86. The van der Waals surface area contributed by atoms with Gasteiger partial charge in [0.25, 0.3) is 5.91 Å². The molecular formula is C16H31ClN2O3. The smallest absolute Gasteiger partial charge is 0.251 e. The van der Waals surface area contributed by atoms with Gasteiger partial charge in [-0.3, -0.25) is 4.79 Å². The summed E-state index contributed by atoms with van der Waals surface area (Å²) < 4.78 is 11.4. The highest BCUT2D eigenvalue weighted by Crippen LogP contribution is 2.28. The maximum absolute atomic E-state index is 12.5. The van der Waals surface area contributed by atoms with E-state index in [9.17, 15) is 4.79 Å². The van der Waals surface area contributed by atoms with Gasteiger partial charge in [-0.2, -0.15) is 0 Å². The van der Waals surface area contributed by atoms with Crippen LogP contribution in [0, 0.1) is 5.41 Å². The Kier molecular flexibility index (Phi) is 7.59. The van der Waals surface area contributed by atoms with Gasteiger partial charge in [-0.25, -0.2) is 0 Å². The lowest BCUT2D eigenvalue weighted by atomic mass is 9.79. The van der Waals surface area contributed by atoms with Crippen LogP contribution in [0.2, 0.25) is 0 Å². The molecule has 22 heavy (non-hydrogen) atoms. The zero-order valence-electron chi connectivity index (χ0n) is 14.0. The number of nitrogens with zero attached hydrogens (tertiary/aromatic N) is 1. The summed E-state index contributed by atoms with van der Waals surface area (Å²) >= 11 is 0. The molecular weight excluding hydrogens is 304 g/mol. The molecule has 2 fully saturated rings. The van der Waals surface area contributed by atoms with Gasteiger partial charge in [0.2, 0.25) is 0 Å². The zero-order valence-corrected chi connectivity index (χ0v) is 14.9. The maximum atomic E-state index is 12.5. The average Bonchev–Trinajstić information content (AvgIpc) is 2.48. The maximum Gasteiger partial charge on any atom is 0.251 e. The second kappa shape index (κ2) is 8.48. The van der Waals surface area contributed by atoms with Crippen molar-refractivity contribution in [1.29, 1.82) is 0 Å². The second-order valence-electron chi connectivity index (χ2n) is 7.11. The molecule has 0 aromatic rings. The number of halogens is 1. The standard InChI is InChI=1S/C16H30N2O3.ClH/c1-12(21-10-13-6-4-5-9-20-13)15(19)18-8-7-14(17)16(2,3)11-18;/h12-14H,4-11,17H2,1-3H3;1H. The molecule has 0 saturated carbocycles. The van der Waals surface area contributed by atoms with Crippen molar-refractivity contribution in [2.24, 2.45) is 11.1 Å². The first-order chi connectivity index (χ1) is 9.90. The van der Waals surface area contributed by atoms with Crippen molar-refractivity contribution < 1.29 is 14.3 Å². The Hall–Kier alpha value is -0.360. The van der Waals surface area contributed by atoms with Crippen LogP contribution in [0.4, 0.5) is 0 Å². The van der Waals surface area contributed by atoms with Crippen LogP contribution in [0.3, 0.4) is 0 Å². The van der Waals surface area contributed by atoms with Gasteiger partial charge in [-0.1, -0.05) is 13.8 Å². The third kappa shape index (κ3) is 5.08. The van der Waals surface area contributed by atoms with Gasteiger partial charge in [-0.05, 0) is 38.0 Å². The summed E-state index contributed by atoms with van der Waals surface area (Å²) in [6, 6.07) is 0.161. The summed E-state index contributed by atoms with van der Waals surface area (Å²) in [6.07, 6.45) is 3.97. The first-order valence-electron chi connectivity index (χ1n) is 8.18. The number of hydrogen-bond donors (Lipinski definition) is 1. The Balaban J connectivity index is 0.00000242. The Morgan fingerprint density at radius 2 is 2.14 bits per heavy atom. The van der Waals surface area contributed by atoms with E-state index < -0.39 is 6.10 Å². The van der Waals surface area contributed by atoms with E-state index in [4.69, 9.17) is 15.2 Å². The lowest BCUT2D eigenvalue weighted by Crippen LogP contribution is -2.55. The number of nitrogens with two attached hydrogens (primary N) is 1. The van der Waals surface area contributed by atoms with Crippen molar-refractivity contribution in [3.8, 4) is 0 Å². The predicted octanol–water partition coefficient (Wildman–Crippen LogP) is 1.97. The topological polar surface area (TPSA) is 64.8 Å². The van der Waals surface area contributed by atoms with Gasteiger partial charge in [0, 0.05) is 25.7 Å². The number of likely N-dealkylation sites (tertiary alicyclic amines) is 1. The molecule has 2 saturated heterocycles. The first kappa shape index (κ1) is 19.7. The summed E-state index contributed by atoms with van der Waals surface area (Å²) in [5.41, 5.74) is 6.09. The molecule has 0 aromatic carbocycles. The molecule has 0 radical (unpaired) electrons. The SMILES string of the molecule is CC(OCC1CCCCO1)C(=O)N1CCC(N)C(C)(C)C1.Cl. The minimum Gasteiger partial charge on any atom is -0.376 e. The van der Waals surface area contributed by atoms with Crippen molar-refractivity contribution in [3.05, 3.63) is 0 Å². The van der Waals surface area contributed by atoms with Crippen molar-refractivity contribution in [1.82, 2.24) is 4.90 Å². The minimum atomic E-state index is -0.402. The molecule has 5 nitrogen and oxygen atoms in total. The lowest BCUT2D eigenvalue weighted by Gasteiger charge is -2.43. The van der Waals surface area contributed by atoms with E-state index in [0.29, 0.717) is 13.2 Å². The first-order valence-corrected chi connectivity index (χ1v) is 8.18. The number of carbonyl (C=O) groups excluding carboxylic acids is 1. The number of amides is 1. The predicted molar refractivity (Wildman–Crippen MR) is 89.2 cm³/mol. The lowest BCUT2D eigenvalue weighted by molar-refractivity contribution is -0.149. The number of ether oxygens (including phenoxy) is 2. The molecule has 0 aromatic heterocycles. The van der Waals surface area contributed by atoms with Crippen LogP contribution in [0.25, 0.3) is 0 Å². The number of hydrogen-bond acceptors (Lipinski definition) is 4. The minimum absolute atomic E-state index is 0. The van der Waals surface area contributed by atoms with E-state index in [2.05, 4.69) is 13.8 Å². The second-order valence-corrected chi connectivity index (χ2v) is 7.11. The van der Waals surface area contributed by atoms with Crippen molar-refractivity contribution >= 4 is 18.3 Å². The third-order valence-corrected chi connectivity index (χ3v) is 4.78. The number of rotatable bonds is 4. The average molecular weight is 335 g/mol. The number of piperidine rings is 1. The summed E-state index contributed by atoms with van der Waals surface area (Å²) in [7, 11) is 0. The van der Waals surface area contributed by atoms with Crippen LogP contribution in [0.1, 0.15) is 46.5 Å². The molecule has 2 N–H and O–H groups in total. The summed E-state index contributed by atoms with van der Waals surface area (Å²) in [4.78, 5) is 14.4. The zero-order chi connectivity index (χ0) is 15.5. The Bertz CT molecular complexity index is 359. The largest absolute Gasteiger partial charge is 0.376 e. The van der Waals surface area contributed by atoms with Crippen molar-refractivity contribution in [2.45, 2.75) is 64.7 Å². The molecule has 0 bridgehead atoms. The van der Waals surface area contributed by atoms with Gasteiger partial charge in [0.15, 0.2) is 0 Å². The molecule has 2 aliphatic heterocycles. The fourth-order valence-electron chi connectivity index (χ4n) is 3.08. The number of carbonyl (C=O) groups is 1. The van der Waals surface area contributed by atoms with Crippen LogP contribution < -0.4 is 5.73 Å². The van der Waals surface area contributed by atoms with Crippen molar-refractivity contribution in [2.75, 3.05) is 26.3 Å². The highest BCUT2D eigenvalue weighted by molar-refractivity contribution is 5.85. The van der Waals surface area contributed by atoms with E-state index in [1.54, 1.807) is 0 Å². The van der Waals surface area contributed by atoms with Gasteiger partial charge in [0.05, 0.1) is 12.7 Å². The van der Waals surface area contributed by atoms with Gasteiger partial charge < -0.3 is 20.1 Å². The van der Waals surface area contributed by atoms with Gasteiger partial charge in [-0.15, -0.1) is 12.4 Å². The monoisotopic (exact) mass is 334 g/mol. The van der Waals surface area contributed by atoms with Crippen LogP contribution >= 0.6 is 12.4 Å². The molecule has 2 heterocycles. The molecule has 6 heteroatoms. The highest BCUT2D eigenvalue weighted by Gasteiger charge is 2.36. The van der Waals surface area contributed by atoms with Gasteiger partial charge >= 0.3 is 0 Å². The molecule has 0 spiro atoms. The van der Waals surface area contributed by atoms with Crippen LogP contribution in [-0.4, -0.2) is 55.4 Å². The van der Waals surface area contributed by atoms with E-state index in [1.165, 1.54) is 6.42 Å². The summed E-state index contributed by atoms with van der Waals surface area (Å²) in [5.74, 6) is 0.0748. The molecule has 130 valence electrons. The van der Waals surface area contributed by atoms with E-state index in [0.717, 1.165) is 32.4 Å². The normalized spacial score (nSPS) is 29.5. The molecule has 2 rings (SSSR count). The fourth-order valence-corrected chi connectivity index (χ4v) is 3.08. The molecule has 0 aliphatic carbocycles. The third-order valence-electron chi connectivity index (χ3n) is 4.78. The van der Waals surface area contributed by atoms with Crippen LogP contribution in [-0.2, 0) is 14.3 Å².